The molecule has 3 rings (SSSR count). The van der Waals surface area contributed by atoms with Crippen molar-refractivity contribution in [1.29, 1.82) is 0 Å². The molecule has 2 aromatic rings. The molecule has 1 aliphatic heterocycles. The maximum atomic E-state index is 12.9. The predicted octanol–water partition coefficient (Wildman–Crippen LogP) is 1.11. The molecule has 0 radical (unpaired) electrons. The van der Waals surface area contributed by atoms with Crippen molar-refractivity contribution in [2.24, 2.45) is 0 Å². The molecule has 1 saturated heterocycles. The lowest BCUT2D eigenvalue weighted by Gasteiger charge is -2.43. The molecule has 1 fully saturated rings. The number of nitrogens with one attached hydrogen (secondary N) is 1. The topological polar surface area (TPSA) is 101 Å². The quantitative estimate of drug-likeness (QED) is 0.646. The van der Waals surface area contributed by atoms with Gasteiger partial charge in [-0.05, 0) is 30.7 Å². The van der Waals surface area contributed by atoms with Gasteiger partial charge in [0.15, 0.2) is 11.5 Å². The van der Waals surface area contributed by atoms with E-state index < -0.39 is 10.0 Å². The van der Waals surface area contributed by atoms with E-state index in [0.717, 1.165) is 5.56 Å². The Hall–Kier alpha value is -2.69. The summed E-state index contributed by atoms with van der Waals surface area (Å²) >= 11 is 0. The SMILES string of the molecule is COc1ccc(S(=O)(=O)NC[C@@H]2CN(C)C(=O)[C@H](C)N2Cc2cccnc2)cc1OC. The number of pyridine rings is 1. The Morgan fingerprint density at radius 3 is 2.58 bits per heavy atom. The van der Waals surface area contributed by atoms with Crippen LogP contribution in [0, 0.1) is 0 Å². The fourth-order valence-corrected chi connectivity index (χ4v) is 4.80. The van der Waals surface area contributed by atoms with E-state index in [-0.39, 0.29) is 29.4 Å². The highest BCUT2D eigenvalue weighted by Gasteiger charge is 2.37. The Morgan fingerprint density at radius 2 is 1.94 bits per heavy atom. The van der Waals surface area contributed by atoms with Gasteiger partial charge >= 0.3 is 0 Å². The summed E-state index contributed by atoms with van der Waals surface area (Å²) in [7, 11) is 0.884. The molecule has 10 heteroatoms. The van der Waals surface area contributed by atoms with E-state index in [1.807, 2.05) is 24.0 Å². The molecule has 31 heavy (non-hydrogen) atoms. The van der Waals surface area contributed by atoms with Crippen LogP contribution >= 0.6 is 0 Å². The summed E-state index contributed by atoms with van der Waals surface area (Å²) in [5.41, 5.74) is 0.958. The van der Waals surface area contributed by atoms with E-state index in [4.69, 9.17) is 9.47 Å². The van der Waals surface area contributed by atoms with Crippen LogP contribution in [-0.4, -0.2) is 75.5 Å². The van der Waals surface area contributed by atoms with Crippen LogP contribution in [0.25, 0.3) is 0 Å². The number of piperazine rings is 1. The molecule has 0 saturated carbocycles. The summed E-state index contributed by atoms with van der Waals surface area (Å²) in [6.45, 7) is 2.90. The molecule has 1 N–H and O–H groups in total. The Balaban J connectivity index is 1.79. The zero-order chi connectivity index (χ0) is 22.6. The number of likely N-dealkylation sites (N-methyl/N-ethyl adjacent to an activating group) is 1. The van der Waals surface area contributed by atoms with Gasteiger partial charge in [0.1, 0.15) is 0 Å². The first-order chi connectivity index (χ1) is 14.8. The monoisotopic (exact) mass is 448 g/mol. The molecule has 1 aromatic carbocycles. The van der Waals surface area contributed by atoms with E-state index in [0.29, 0.717) is 24.6 Å². The molecule has 2 heterocycles. The molecule has 2 atom stereocenters. The number of carbonyl (C=O) groups is 1. The molecular weight excluding hydrogens is 420 g/mol. The van der Waals surface area contributed by atoms with Gasteiger partial charge in [0, 0.05) is 51.2 Å². The number of hydrogen-bond donors (Lipinski definition) is 1. The number of hydrogen-bond acceptors (Lipinski definition) is 7. The summed E-state index contributed by atoms with van der Waals surface area (Å²) in [6, 6.07) is 7.64. The van der Waals surface area contributed by atoms with Crippen molar-refractivity contribution in [3.63, 3.8) is 0 Å². The smallest absolute Gasteiger partial charge is 0.240 e. The maximum absolute atomic E-state index is 12.9. The van der Waals surface area contributed by atoms with Crippen molar-refractivity contribution >= 4 is 15.9 Å². The molecular formula is C21H28N4O5S. The maximum Gasteiger partial charge on any atom is 0.240 e. The minimum Gasteiger partial charge on any atom is -0.493 e. The van der Waals surface area contributed by atoms with E-state index in [1.165, 1.54) is 26.4 Å². The zero-order valence-electron chi connectivity index (χ0n) is 18.1. The van der Waals surface area contributed by atoms with Gasteiger partial charge < -0.3 is 14.4 Å². The Morgan fingerprint density at radius 1 is 1.19 bits per heavy atom. The normalized spacial score (nSPS) is 20.0. The Kier molecular flexibility index (Phi) is 7.14. The summed E-state index contributed by atoms with van der Waals surface area (Å²) in [5, 5.41) is 0. The van der Waals surface area contributed by atoms with Gasteiger partial charge in [-0.15, -0.1) is 0 Å². The van der Waals surface area contributed by atoms with Crippen LogP contribution < -0.4 is 14.2 Å². The van der Waals surface area contributed by atoms with Crippen LogP contribution in [0.2, 0.25) is 0 Å². The van der Waals surface area contributed by atoms with Crippen LogP contribution in [0.4, 0.5) is 0 Å². The van der Waals surface area contributed by atoms with E-state index in [1.54, 1.807) is 30.4 Å². The highest BCUT2D eigenvalue weighted by Crippen LogP contribution is 2.29. The lowest BCUT2D eigenvalue weighted by Crippen LogP contribution is -2.62. The first kappa shape index (κ1) is 23.0. The largest absolute Gasteiger partial charge is 0.493 e. The molecule has 1 aliphatic rings. The molecule has 1 amide bonds. The Bertz CT molecular complexity index is 1020. The Labute approximate surface area is 183 Å². The summed E-state index contributed by atoms with van der Waals surface area (Å²) in [5.74, 6) is 0.786. The van der Waals surface area contributed by atoms with E-state index in [9.17, 15) is 13.2 Å². The van der Waals surface area contributed by atoms with Crippen molar-refractivity contribution in [3.8, 4) is 11.5 Å². The van der Waals surface area contributed by atoms with Gasteiger partial charge in [0.05, 0.1) is 25.2 Å². The fourth-order valence-electron chi connectivity index (χ4n) is 3.71. The third-order valence-corrected chi connectivity index (χ3v) is 6.87. The van der Waals surface area contributed by atoms with Crippen LogP contribution in [0.3, 0.4) is 0 Å². The van der Waals surface area contributed by atoms with Gasteiger partial charge in [0.2, 0.25) is 15.9 Å². The van der Waals surface area contributed by atoms with Gasteiger partial charge in [-0.3, -0.25) is 14.7 Å². The summed E-state index contributed by atoms with van der Waals surface area (Å²) < 4.78 is 38.9. The average molecular weight is 449 g/mol. The second kappa shape index (κ2) is 9.63. The number of methoxy groups -OCH3 is 2. The van der Waals surface area contributed by atoms with Crippen molar-refractivity contribution in [2.75, 3.05) is 34.4 Å². The highest BCUT2D eigenvalue weighted by molar-refractivity contribution is 7.89. The van der Waals surface area contributed by atoms with Crippen molar-refractivity contribution < 1.29 is 22.7 Å². The first-order valence-corrected chi connectivity index (χ1v) is 11.4. The van der Waals surface area contributed by atoms with Crippen LogP contribution in [0.5, 0.6) is 11.5 Å². The number of nitrogens with zero attached hydrogens (tertiary/aromatic N) is 3. The van der Waals surface area contributed by atoms with Gasteiger partial charge in [-0.2, -0.15) is 0 Å². The second-order valence-corrected chi connectivity index (χ2v) is 9.22. The summed E-state index contributed by atoms with van der Waals surface area (Å²) in [4.78, 5) is 20.4. The minimum absolute atomic E-state index is 0.00267. The third kappa shape index (κ3) is 5.15. The molecule has 0 bridgehead atoms. The average Bonchev–Trinajstić information content (AvgIpc) is 2.78. The van der Waals surface area contributed by atoms with Crippen molar-refractivity contribution in [3.05, 3.63) is 48.3 Å². The van der Waals surface area contributed by atoms with E-state index in [2.05, 4.69) is 9.71 Å². The van der Waals surface area contributed by atoms with Gasteiger partial charge in [-0.25, -0.2) is 13.1 Å². The number of rotatable bonds is 8. The third-order valence-electron chi connectivity index (χ3n) is 5.45. The first-order valence-electron chi connectivity index (χ1n) is 9.88. The number of carbonyl (C=O) groups excluding carboxylic acids is 1. The van der Waals surface area contributed by atoms with Gasteiger partial charge in [0.25, 0.3) is 0 Å². The zero-order valence-corrected chi connectivity index (χ0v) is 18.9. The van der Waals surface area contributed by atoms with Crippen molar-refractivity contribution in [2.45, 2.75) is 30.4 Å². The van der Waals surface area contributed by atoms with Gasteiger partial charge in [-0.1, -0.05) is 6.07 Å². The number of ether oxygens (including phenoxy) is 2. The molecule has 168 valence electrons. The van der Waals surface area contributed by atoms with E-state index >= 15 is 0 Å². The molecule has 0 spiro atoms. The molecule has 9 nitrogen and oxygen atoms in total. The number of benzene rings is 1. The fraction of sp³-hybridized carbons (Fsp3) is 0.429. The molecule has 1 aromatic heterocycles. The minimum atomic E-state index is -3.79. The van der Waals surface area contributed by atoms with Crippen LogP contribution in [0.1, 0.15) is 12.5 Å². The lowest BCUT2D eigenvalue weighted by molar-refractivity contribution is -0.142. The molecule has 0 unspecified atom stereocenters. The standard InChI is InChI=1S/C21H28N4O5S/c1-15-21(26)24(2)14-17(25(15)13-16-6-5-9-22-11-16)12-23-31(27,28)18-7-8-19(29-3)20(10-18)30-4/h5-11,15,17,23H,12-14H2,1-4H3/t15-,17+/m0/s1. The number of sulfonamides is 1. The number of aromatic nitrogens is 1. The molecule has 0 aliphatic carbocycles. The summed E-state index contributed by atoms with van der Waals surface area (Å²) in [6.07, 6.45) is 3.44. The predicted molar refractivity (Wildman–Crippen MR) is 115 cm³/mol. The lowest BCUT2D eigenvalue weighted by atomic mass is 10.1. The van der Waals surface area contributed by atoms with Crippen LogP contribution in [-0.2, 0) is 21.4 Å². The van der Waals surface area contributed by atoms with Crippen molar-refractivity contribution in [1.82, 2.24) is 19.5 Å². The number of amides is 1. The second-order valence-electron chi connectivity index (χ2n) is 7.45. The van der Waals surface area contributed by atoms with Crippen LogP contribution in [0.15, 0.2) is 47.6 Å². The highest BCUT2D eigenvalue weighted by atomic mass is 32.2.